The Morgan fingerprint density at radius 1 is 0.977 bits per heavy atom. The first-order valence-electron chi connectivity index (χ1n) is 14.8. The van der Waals surface area contributed by atoms with Crippen molar-refractivity contribution in [1.29, 1.82) is 0 Å². The van der Waals surface area contributed by atoms with Crippen LogP contribution < -0.4 is 19.6 Å². The highest BCUT2D eigenvalue weighted by Crippen LogP contribution is 2.32. The molecule has 6 rings (SSSR count). The molecule has 4 aromatic carbocycles. The molecule has 0 radical (unpaired) electrons. The minimum Gasteiger partial charge on any atom is -0.488 e. The Morgan fingerprint density at radius 3 is 2.48 bits per heavy atom. The molecule has 44 heavy (non-hydrogen) atoms. The Morgan fingerprint density at radius 2 is 1.70 bits per heavy atom. The van der Waals surface area contributed by atoms with Crippen molar-refractivity contribution in [2.75, 3.05) is 6.61 Å². The van der Waals surface area contributed by atoms with Gasteiger partial charge in [0.25, 0.3) is 5.56 Å². The Labute approximate surface area is 260 Å². The zero-order chi connectivity index (χ0) is 30.8. The number of carbonyl (C=O) groups excluding carboxylic acids is 1. The third-order valence-corrected chi connectivity index (χ3v) is 8.89. The molecule has 222 valence electrons. The van der Waals surface area contributed by atoms with Crippen LogP contribution in [0.2, 0.25) is 0 Å². The summed E-state index contributed by atoms with van der Waals surface area (Å²) in [7, 11) is 0. The summed E-state index contributed by atoms with van der Waals surface area (Å²) in [5.74, 6) is 0.569. The van der Waals surface area contributed by atoms with Gasteiger partial charge in [-0.25, -0.2) is 9.79 Å². The summed E-state index contributed by atoms with van der Waals surface area (Å²) < 4.78 is 13.9. The van der Waals surface area contributed by atoms with E-state index >= 15 is 0 Å². The first-order chi connectivity index (χ1) is 21.4. The van der Waals surface area contributed by atoms with Gasteiger partial charge in [0.2, 0.25) is 0 Å². The normalized spacial score (nSPS) is 14.9. The van der Waals surface area contributed by atoms with Gasteiger partial charge in [-0.15, -0.1) is 0 Å². The lowest BCUT2D eigenvalue weighted by atomic mass is 9.93. The maximum atomic E-state index is 14.1. The molecule has 0 amide bonds. The van der Waals surface area contributed by atoms with Gasteiger partial charge in [0.05, 0.1) is 28.5 Å². The number of thiazole rings is 1. The van der Waals surface area contributed by atoms with Crippen LogP contribution in [0.25, 0.3) is 16.8 Å². The van der Waals surface area contributed by atoms with E-state index in [1.165, 1.54) is 16.9 Å². The molecule has 2 heterocycles. The van der Waals surface area contributed by atoms with Gasteiger partial charge in [0.15, 0.2) is 4.80 Å². The van der Waals surface area contributed by atoms with E-state index in [0.29, 0.717) is 38.9 Å². The van der Waals surface area contributed by atoms with Gasteiger partial charge in [0, 0.05) is 5.56 Å². The first kappa shape index (κ1) is 29.3. The molecule has 0 saturated carbocycles. The third kappa shape index (κ3) is 5.63. The van der Waals surface area contributed by atoms with Crippen LogP contribution in [0.5, 0.6) is 5.75 Å². The fourth-order valence-corrected chi connectivity index (χ4v) is 6.65. The molecule has 1 atom stereocenters. The zero-order valence-electron chi connectivity index (χ0n) is 25.2. The number of para-hydroxylation sites is 1. The number of benzene rings is 4. The van der Waals surface area contributed by atoms with Gasteiger partial charge in [-0.1, -0.05) is 110 Å². The van der Waals surface area contributed by atoms with Crippen LogP contribution in [-0.2, 0) is 16.1 Å². The maximum Gasteiger partial charge on any atom is 0.338 e. The lowest BCUT2D eigenvalue weighted by Gasteiger charge is -2.25. The second-order valence-electron chi connectivity index (χ2n) is 11.1. The molecule has 5 aromatic rings. The molecule has 6 nitrogen and oxygen atoms in total. The number of hydrogen-bond acceptors (Lipinski definition) is 6. The molecule has 0 spiro atoms. The van der Waals surface area contributed by atoms with Crippen LogP contribution in [0.15, 0.2) is 112 Å². The molecular weight excluding hydrogens is 568 g/mol. The maximum absolute atomic E-state index is 14.1. The average Bonchev–Trinajstić information content (AvgIpc) is 3.33. The third-order valence-electron chi connectivity index (χ3n) is 7.90. The van der Waals surface area contributed by atoms with Crippen molar-refractivity contribution in [1.82, 2.24) is 4.57 Å². The van der Waals surface area contributed by atoms with Crippen LogP contribution in [0.4, 0.5) is 0 Å². The lowest BCUT2D eigenvalue weighted by Crippen LogP contribution is -2.39. The number of aromatic nitrogens is 1. The summed E-state index contributed by atoms with van der Waals surface area (Å²) >= 11 is 1.31. The first-order valence-corrected chi connectivity index (χ1v) is 15.7. The van der Waals surface area contributed by atoms with E-state index in [9.17, 15) is 9.59 Å². The molecule has 0 bridgehead atoms. The van der Waals surface area contributed by atoms with E-state index in [1.807, 2.05) is 60.7 Å². The minimum atomic E-state index is -0.647. The summed E-state index contributed by atoms with van der Waals surface area (Å²) in [6.07, 6.45) is 1.85. The number of nitrogens with zero attached hydrogens (tertiary/aromatic N) is 2. The van der Waals surface area contributed by atoms with Gasteiger partial charge in [-0.05, 0) is 59.4 Å². The standard InChI is InChI=1S/C37H34N2O4S/c1-5-42-36(41)33-24(4)38-37-39(34(33)27-19-17-25(18-20-27)23(2)3)35(40)32(44-37)21-28-12-7-9-16-31(28)43-22-29-14-10-13-26-11-6-8-15-30(26)29/h6-21,23,34H,5,22H2,1-4H3/b32-21-/t34-/m0/s1. The second-order valence-corrected chi connectivity index (χ2v) is 12.1. The van der Waals surface area contributed by atoms with Crippen molar-refractivity contribution in [3.8, 4) is 5.75 Å². The van der Waals surface area contributed by atoms with E-state index in [4.69, 9.17) is 14.5 Å². The molecule has 1 aromatic heterocycles. The minimum absolute atomic E-state index is 0.218. The largest absolute Gasteiger partial charge is 0.488 e. The topological polar surface area (TPSA) is 69.9 Å². The molecular formula is C37H34N2O4S. The van der Waals surface area contributed by atoms with Crippen molar-refractivity contribution in [2.45, 2.75) is 46.3 Å². The Bertz CT molecular complexity index is 2060. The second kappa shape index (κ2) is 12.5. The molecule has 0 aliphatic carbocycles. The van der Waals surface area contributed by atoms with E-state index in [0.717, 1.165) is 27.5 Å². The van der Waals surface area contributed by atoms with Crippen molar-refractivity contribution >= 4 is 34.2 Å². The smallest absolute Gasteiger partial charge is 0.338 e. The van der Waals surface area contributed by atoms with Crippen LogP contribution >= 0.6 is 11.3 Å². The van der Waals surface area contributed by atoms with Gasteiger partial charge >= 0.3 is 5.97 Å². The lowest BCUT2D eigenvalue weighted by molar-refractivity contribution is -0.139. The van der Waals surface area contributed by atoms with E-state index in [-0.39, 0.29) is 12.2 Å². The number of fused-ring (bicyclic) bond motifs is 2. The monoisotopic (exact) mass is 602 g/mol. The summed E-state index contributed by atoms with van der Waals surface area (Å²) in [4.78, 5) is 32.6. The number of esters is 1. The Balaban J connectivity index is 1.42. The van der Waals surface area contributed by atoms with Crippen LogP contribution in [0, 0.1) is 0 Å². The number of rotatable bonds is 8. The number of allylic oxidation sites excluding steroid dienone is 1. The number of hydrogen-bond donors (Lipinski definition) is 0. The van der Waals surface area contributed by atoms with Crippen LogP contribution in [-0.4, -0.2) is 17.1 Å². The predicted octanol–water partition coefficient (Wildman–Crippen LogP) is 6.65. The SMILES string of the molecule is CCOC(=O)C1=C(C)N=c2s/c(=C\c3ccccc3OCc3cccc4ccccc34)c(=O)n2[C@H]1c1ccc(C(C)C)cc1. The molecule has 1 aliphatic rings. The molecule has 0 fully saturated rings. The predicted molar refractivity (Wildman–Crippen MR) is 176 cm³/mol. The van der Waals surface area contributed by atoms with Gasteiger partial charge in [-0.2, -0.15) is 0 Å². The summed E-state index contributed by atoms with van der Waals surface area (Å²) in [6, 6.07) is 29.6. The van der Waals surface area contributed by atoms with Crippen LogP contribution in [0.3, 0.4) is 0 Å². The summed E-state index contributed by atoms with van der Waals surface area (Å²) in [5, 5.41) is 2.31. The summed E-state index contributed by atoms with van der Waals surface area (Å²) in [5.41, 5.74) is 4.59. The molecule has 0 N–H and O–H groups in total. The zero-order valence-corrected chi connectivity index (χ0v) is 26.1. The van der Waals surface area contributed by atoms with Gasteiger partial charge < -0.3 is 9.47 Å². The highest BCUT2D eigenvalue weighted by molar-refractivity contribution is 7.07. The van der Waals surface area contributed by atoms with Crippen molar-refractivity contribution in [3.05, 3.63) is 144 Å². The highest BCUT2D eigenvalue weighted by atomic mass is 32.1. The quantitative estimate of drug-likeness (QED) is 0.187. The fraction of sp³-hybridized carbons (Fsp3) is 0.216. The fourth-order valence-electron chi connectivity index (χ4n) is 5.62. The van der Waals surface area contributed by atoms with Crippen LogP contribution in [0.1, 0.15) is 61.9 Å². The Hall–Kier alpha value is -4.75. The van der Waals surface area contributed by atoms with Gasteiger partial charge in [-0.3, -0.25) is 9.36 Å². The van der Waals surface area contributed by atoms with E-state index < -0.39 is 12.0 Å². The van der Waals surface area contributed by atoms with Crippen molar-refractivity contribution in [2.24, 2.45) is 4.99 Å². The molecule has 0 unspecified atom stereocenters. The number of ether oxygens (including phenoxy) is 2. The van der Waals surface area contributed by atoms with Gasteiger partial charge in [0.1, 0.15) is 12.4 Å². The number of carbonyl (C=O) groups is 1. The highest BCUT2D eigenvalue weighted by Gasteiger charge is 2.33. The molecule has 0 saturated heterocycles. The average molecular weight is 603 g/mol. The van der Waals surface area contributed by atoms with E-state index in [1.54, 1.807) is 18.4 Å². The molecule has 7 heteroatoms. The van der Waals surface area contributed by atoms with E-state index in [2.05, 4.69) is 50.2 Å². The van der Waals surface area contributed by atoms with Crippen molar-refractivity contribution < 1.29 is 14.3 Å². The molecule has 1 aliphatic heterocycles. The summed E-state index contributed by atoms with van der Waals surface area (Å²) in [6.45, 7) is 8.46. The Kier molecular flexibility index (Phi) is 8.31. The van der Waals surface area contributed by atoms with Crippen molar-refractivity contribution in [3.63, 3.8) is 0 Å².